The molecule has 0 amide bonds. The van der Waals surface area contributed by atoms with Crippen LogP contribution < -0.4 is 5.56 Å². The molecule has 5 heteroatoms. The molecule has 0 unspecified atom stereocenters. The molecule has 24 heavy (non-hydrogen) atoms. The Morgan fingerprint density at radius 2 is 2.08 bits per heavy atom. The lowest BCUT2D eigenvalue weighted by Gasteiger charge is -2.29. The third-order valence-corrected chi connectivity index (χ3v) is 4.63. The van der Waals surface area contributed by atoms with E-state index in [4.69, 9.17) is 0 Å². The first kappa shape index (κ1) is 16.8. The number of aromatic amines is 1. The van der Waals surface area contributed by atoms with Crippen molar-refractivity contribution in [2.75, 3.05) is 6.54 Å². The zero-order chi connectivity index (χ0) is 17.5. The van der Waals surface area contributed by atoms with Gasteiger partial charge in [0.05, 0.1) is 11.3 Å². The van der Waals surface area contributed by atoms with Crippen LogP contribution in [0.15, 0.2) is 23.0 Å². The molecular weight excluding hydrogens is 305 g/mol. The first-order valence-corrected chi connectivity index (χ1v) is 8.34. The molecule has 1 N–H and O–H groups in total. The summed E-state index contributed by atoms with van der Waals surface area (Å²) in [5, 5.41) is 0. The maximum atomic E-state index is 13.7. The summed E-state index contributed by atoms with van der Waals surface area (Å²) in [6.45, 7) is 9.94. The number of H-pyrrole nitrogens is 1. The molecule has 4 nitrogen and oxygen atoms in total. The Morgan fingerprint density at radius 1 is 1.33 bits per heavy atom. The smallest absolute Gasteiger partial charge is 0.255 e. The number of fused-ring (bicyclic) bond motifs is 1. The summed E-state index contributed by atoms with van der Waals surface area (Å²) in [6, 6.07) is 5.16. The highest BCUT2D eigenvalue weighted by Crippen LogP contribution is 2.22. The zero-order valence-electron chi connectivity index (χ0n) is 14.7. The maximum Gasteiger partial charge on any atom is 0.255 e. The Bertz CT molecular complexity index is 820. The van der Waals surface area contributed by atoms with Gasteiger partial charge in [-0.2, -0.15) is 0 Å². The van der Waals surface area contributed by atoms with Crippen LogP contribution in [0.4, 0.5) is 4.39 Å². The first-order valence-electron chi connectivity index (χ1n) is 8.34. The molecule has 0 radical (unpaired) electrons. The van der Waals surface area contributed by atoms with Gasteiger partial charge in [-0.1, -0.05) is 32.9 Å². The molecule has 0 saturated heterocycles. The fourth-order valence-electron chi connectivity index (χ4n) is 3.04. The average molecular weight is 329 g/mol. The Labute approximate surface area is 141 Å². The molecule has 2 heterocycles. The van der Waals surface area contributed by atoms with Crippen LogP contribution in [0.5, 0.6) is 0 Å². The van der Waals surface area contributed by atoms with E-state index in [1.54, 1.807) is 13.0 Å². The van der Waals surface area contributed by atoms with E-state index in [0.717, 1.165) is 35.6 Å². The Hall–Kier alpha value is -2.01. The fourth-order valence-corrected chi connectivity index (χ4v) is 3.04. The van der Waals surface area contributed by atoms with Crippen LogP contribution in [-0.4, -0.2) is 21.4 Å². The van der Waals surface area contributed by atoms with Gasteiger partial charge in [-0.3, -0.25) is 9.69 Å². The largest absolute Gasteiger partial charge is 0.310 e. The van der Waals surface area contributed by atoms with Gasteiger partial charge in [0.2, 0.25) is 0 Å². The number of rotatable bonds is 2. The molecule has 1 aromatic carbocycles. The fraction of sp³-hybridized carbons (Fsp3) is 0.474. The van der Waals surface area contributed by atoms with Crippen LogP contribution in [0, 0.1) is 12.7 Å². The summed E-state index contributed by atoms with van der Waals surface area (Å²) in [5.41, 5.74) is 3.06. The van der Waals surface area contributed by atoms with Crippen LogP contribution in [0.3, 0.4) is 0 Å². The molecule has 1 aromatic heterocycles. The van der Waals surface area contributed by atoms with E-state index in [1.807, 2.05) is 26.8 Å². The molecule has 0 atom stereocenters. The van der Waals surface area contributed by atoms with Crippen molar-refractivity contribution >= 4 is 0 Å². The molecule has 3 rings (SSSR count). The van der Waals surface area contributed by atoms with Crippen LogP contribution in [0.1, 0.15) is 49.0 Å². The number of aromatic nitrogens is 2. The van der Waals surface area contributed by atoms with E-state index in [9.17, 15) is 9.18 Å². The lowest BCUT2D eigenvalue weighted by Crippen LogP contribution is -2.37. The van der Waals surface area contributed by atoms with E-state index < -0.39 is 0 Å². The summed E-state index contributed by atoms with van der Waals surface area (Å²) in [4.78, 5) is 22.2. The highest BCUT2D eigenvalue weighted by molar-refractivity contribution is 5.28. The van der Waals surface area contributed by atoms with Crippen LogP contribution in [0.2, 0.25) is 0 Å². The number of nitrogens with zero attached hydrogens (tertiary/aromatic N) is 2. The van der Waals surface area contributed by atoms with Gasteiger partial charge in [0, 0.05) is 31.5 Å². The summed E-state index contributed by atoms with van der Waals surface area (Å²) in [6.07, 6.45) is 0.747. The molecule has 1 aliphatic rings. The van der Waals surface area contributed by atoms with Gasteiger partial charge in [-0.25, -0.2) is 9.37 Å². The van der Waals surface area contributed by atoms with E-state index in [-0.39, 0.29) is 16.8 Å². The van der Waals surface area contributed by atoms with Gasteiger partial charge in [0.1, 0.15) is 11.6 Å². The molecule has 0 saturated carbocycles. The third-order valence-electron chi connectivity index (χ3n) is 4.63. The number of hydrogen-bond donors (Lipinski definition) is 1. The minimum atomic E-state index is -0.181. The minimum absolute atomic E-state index is 0.0504. The summed E-state index contributed by atoms with van der Waals surface area (Å²) in [7, 11) is 0. The van der Waals surface area contributed by atoms with Crippen molar-refractivity contribution in [3.05, 3.63) is 62.6 Å². The summed E-state index contributed by atoms with van der Waals surface area (Å²) >= 11 is 0. The molecule has 0 bridgehead atoms. The second-order valence-corrected chi connectivity index (χ2v) is 7.57. The predicted molar refractivity (Wildman–Crippen MR) is 92.5 cm³/mol. The molecular formula is C19H24FN3O. The molecule has 0 spiro atoms. The van der Waals surface area contributed by atoms with Gasteiger partial charge < -0.3 is 4.98 Å². The second kappa shape index (κ2) is 6.13. The van der Waals surface area contributed by atoms with Crippen LogP contribution in [-0.2, 0) is 24.9 Å². The van der Waals surface area contributed by atoms with Crippen LogP contribution >= 0.6 is 0 Å². The Kier molecular flexibility index (Phi) is 4.30. The van der Waals surface area contributed by atoms with E-state index >= 15 is 0 Å². The molecule has 2 aromatic rings. The topological polar surface area (TPSA) is 49.0 Å². The molecule has 1 aliphatic heterocycles. The summed E-state index contributed by atoms with van der Waals surface area (Å²) in [5.74, 6) is 0.555. The first-order chi connectivity index (χ1) is 11.3. The standard InChI is InChI=1S/C19H24FN3O/c1-12-13(6-5-7-15(12)20)10-23-9-8-16-14(11-23)17(24)22-18(21-16)19(2,3)4/h5-7H,8-11H2,1-4H3,(H,21,22,24). The summed E-state index contributed by atoms with van der Waals surface area (Å²) < 4.78 is 13.7. The molecule has 128 valence electrons. The van der Waals surface area contributed by atoms with Crippen molar-refractivity contribution in [2.24, 2.45) is 0 Å². The maximum absolute atomic E-state index is 13.7. The van der Waals surface area contributed by atoms with Gasteiger partial charge >= 0.3 is 0 Å². The number of halogens is 1. The number of benzene rings is 1. The predicted octanol–water partition coefficient (Wildman–Crippen LogP) is 3.07. The normalized spacial score (nSPS) is 15.4. The van der Waals surface area contributed by atoms with Crippen molar-refractivity contribution in [1.29, 1.82) is 0 Å². The van der Waals surface area contributed by atoms with Crippen molar-refractivity contribution in [2.45, 2.75) is 52.6 Å². The number of hydrogen-bond acceptors (Lipinski definition) is 3. The van der Waals surface area contributed by atoms with Gasteiger partial charge in [-0.05, 0) is 24.1 Å². The third kappa shape index (κ3) is 3.26. The minimum Gasteiger partial charge on any atom is -0.310 e. The van der Waals surface area contributed by atoms with Gasteiger partial charge in [-0.15, -0.1) is 0 Å². The van der Waals surface area contributed by atoms with Crippen molar-refractivity contribution < 1.29 is 4.39 Å². The van der Waals surface area contributed by atoms with Crippen molar-refractivity contribution in [3.63, 3.8) is 0 Å². The lowest BCUT2D eigenvalue weighted by atomic mass is 9.95. The lowest BCUT2D eigenvalue weighted by molar-refractivity contribution is 0.240. The Balaban J connectivity index is 1.85. The zero-order valence-corrected chi connectivity index (χ0v) is 14.7. The van der Waals surface area contributed by atoms with Crippen molar-refractivity contribution in [3.8, 4) is 0 Å². The SMILES string of the molecule is Cc1c(F)cccc1CN1CCc2nc(C(C)(C)C)[nH]c(=O)c2C1. The second-order valence-electron chi connectivity index (χ2n) is 7.57. The van der Waals surface area contributed by atoms with Crippen molar-refractivity contribution in [1.82, 2.24) is 14.9 Å². The quantitative estimate of drug-likeness (QED) is 0.921. The average Bonchev–Trinajstić information content (AvgIpc) is 2.51. The van der Waals surface area contributed by atoms with Gasteiger partial charge in [0.25, 0.3) is 5.56 Å². The molecule has 0 fully saturated rings. The molecule has 0 aliphatic carbocycles. The Morgan fingerprint density at radius 3 is 2.79 bits per heavy atom. The monoisotopic (exact) mass is 329 g/mol. The van der Waals surface area contributed by atoms with E-state index in [1.165, 1.54) is 6.07 Å². The number of nitrogens with one attached hydrogen (secondary N) is 1. The van der Waals surface area contributed by atoms with Crippen LogP contribution in [0.25, 0.3) is 0 Å². The highest BCUT2D eigenvalue weighted by atomic mass is 19.1. The van der Waals surface area contributed by atoms with E-state index in [0.29, 0.717) is 18.7 Å². The highest BCUT2D eigenvalue weighted by Gasteiger charge is 2.25. The van der Waals surface area contributed by atoms with Gasteiger partial charge in [0.15, 0.2) is 0 Å². The van der Waals surface area contributed by atoms with E-state index in [2.05, 4.69) is 14.9 Å².